The Balaban J connectivity index is 1.94. The van der Waals surface area contributed by atoms with E-state index in [9.17, 15) is 0 Å². The fourth-order valence-electron chi connectivity index (χ4n) is 1.81. The molecule has 0 fully saturated rings. The highest BCUT2D eigenvalue weighted by Gasteiger charge is 2.06. The Kier molecular flexibility index (Phi) is 6.68. The second-order valence-corrected chi connectivity index (χ2v) is 6.44. The molecule has 2 aromatic rings. The number of benzene rings is 1. The van der Waals surface area contributed by atoms with Gasteiger partial charge in [0.2, 0.25) is 0 Å². The Bertz CT molecular complexity index is 590. The molecule has 1 heterocycles. The zero-order valence-electron chi connectivity index (χ0n) is 11.9. The molecule has 21 heavy (non-hydrogen) atoms. The Morgan fingerprint density at radius 1 is 1.05 bits per heavy atom. The summed E-state index contributed by atoms with van der Waals surface area (Å²) in [7, 11) is 0. The zero-order valence-corrected chi connectivity index (χ0v) is 14.2. The van der Waals surface area contributed by atoms with E-state index in [0.29, 0.717) is 5.02 Å². The minimum atomic E-state index is 0.712. The first-order chi connectivity index (χ1) is 10.2. The molecule has 0 radical (unpaired) electrons. The highest BCUT2D eigenvalue weighted by molar-refractivity contribution is 7.97. The van der Waals surface area contributed by atoms with Crippen LogP contribution in [0.25, 0.3) is 0 Å². The standard InChI is InChI=1S/C16H18Cl2N2S/c1-2-9-19-16-8-7-14(18)15(20-16)11-21-10-12-5-3-4-6-13(12)17/h3-8H,2,9-11H2,1H3,(H,19,20). The van der Waals surface area contributed by atoms with Gasteiger partial charge in [-0.2, -0.15) is 11.8 Å². The van der Waals surface area contributed by atoms with Crippen molar-refractivity contribution in [1.29, 1.82) is 0 Å². The van der Waals surface area contributed by atoms with Crippen LogP contribution in [0.1, 0.15) is 24.6 Å². The third-order valence-electron chi connectivity index (χ3n) is 2.93. The molecule has 0 saturated carbocycles. The summed E-state index contributed by atoms with van der Waals surface area (Å²) in [6, 6.07) is 11.7. The van der Waals surface area contributed by atoms with E-state index in [1.165, 1.54) is 0 Å². The predicted molar refractivity (Wildman–Crippen MR) is 94.5 cm³/mol. The molecule has 112 valence electrons. The lowest BCUT2D eigenvalue weighted by atomic mass is 10.2. The summed E-state index contributed by atoms with van der Waals surface area (Å²) in [5.41, 5.74) is 2.05. The fourth-order valence-corrected chi connectivity index (χ4v) is 3.33. The normalized spacial score (nSPS) is 10.6. The molecule has 1 N–H and O–H groups in total. The van der Waals surface area contributed by atoms with Crippen LogP contribution in [0.5, 0.6) is 0 Å². The molecule has 0 bridgehead atoms. The summed E-state index contributed by atoms with van der Waals surface area (Å²) in [6.07, 6.45) is 1.07. The molecule has 0 aliphatic rings. The number of halogens is 2. The molecule has 0 spiro atoms. The molecule has 0 unspecified atom stereocenters. The quantitative estimate of drug-likeness (QED) is 0.705. The highest BCUT2D eigenvalue weighted by Crippen LogP contribution is 2.26. The summed E-state index contributed by atoms with van der Waals surface area (Å²) in [5.74, 6) is 2.50. The van der Waals surface area contributed by atoms with Crippen LogP contribution in [0.15, 0.2) is 36.4 Å². The van der Waals surface area contributed by atoms with Gasteiger partial charge < -0.3 is 5.32 Å². The molecule has 2 nitrogen and oxygen atoms in total. The van der Waals surface area contributed by atoms with Crippen molar-refractivity contribution in [2.24, 2.45) is 0 Å². The Hall–Kier alpha value is -0.900. The van der Waals surface area contributed by atoms with E-state index >= 15 is 0 Å². The third kappa shape index (κ3) is 5.10. The Morgan fingerprint density at radius 2 is 1.86 bits per heavy atom. The molecule has 1 aromatic heterocycles. The van der Waals surface area contributed by atoms with E-state index in [2.05, 4.69) is 17.2 Å². The number of hydrogen-bond acceptors (Lipinski definition) is 3. The number of nitrogens with zero attached hydrogens (tertiary/aromatic N) is 1. The summed E-state index contributed by atoms with van der Waals surface area (Å²) >= 11 is 14.1. The number of aromatic nitrogens is 1. The van der Waals surface area contributed by atoms with Gasteiger partial charge in [-0.1, -0.05) is 48.3 Å². The van der Waals surface area contributed by atoms with Crippen molar-refractivity contribution < 1.29 is 0 Å². The molecular weight excluding hydrogens is 323 g/mol. The van der Waals surface area contributed by atoms with E-state index in [4.69, 9.17) is 23.2 Å². The average Bonchev–Trinajstić information content (AvgIpc) is 2.49. The lowest BCUT2D eigenvalue weighted by Crippen LogP contribution is -2.03. The number of pyridine rings is 1. The van der Waals surface area contributed by atoms with Gasteiger partial charge in [0.05, 0.1) is 10.7 Å². The first-order valence-electron chi connectivity index (χ1n) is 6.91. The number of rotatable bonds is 7. The minimum absolute atomic E-state index is 0.712. The van der Waals surface area contributed by atoms with E-state index in [0.717, 1.165) is 46.6 Å². The average molecular weight is 341 g/mol. The number of thioether (sulfide) groups is 1. The van der Waals surface area contributed by atoms with E-state index in [1.807, 2.05) is 36.4 Å². The molecule has 1 aromatic carbocycles. The highest BCUT2D eigenvalue weighted by atomic mass is 35.5. The SMILES string of the molecule is CCCNc1ccc(Cl)c(CSCc2ccccc2Cl)n1. The van der Waals surface area contributed by atoms with Gasteiger partial charge in [0.1, 0.15) is 5.82 Å². The van der Waals surface area contributed by atoms with Gasteiger partial charge in [-0.05, 0) is 30.2 Å². The maximum Gasteiger partial charge on any atom is 0.126 e. The molecule has 0 saturated heterocycles. The lowest BCUT2D eigenvalue weighted by Gasteiger charge is -2.09. The van der Waals surface area contributed by atoms with Crippen LogP contribution in [0, 0.1) is 0 Å². The molecule has 0 aliphatic carbocycles. The maximum atomic E-state index is 6.21. The van der Waals surface area contributed by atoms with Crippen LogP contribution in [-0.2, 0) is 11.5 Å². The molecule has 0 aliphatic heterocycles. The first kappa shape index (κ1) is 16.5. The van der Waals surface area contributed by atoms with Gasteiger partial charge in [0.25, 0.3) is 0 Å². The van der Waals surface area contributed by atoms with E-state index in [1.54, 1.807) is 11.8 Å². The van der Waals surface area contributed by atoms with Crippen molar-refractivity contribution in [3.8, 4) is 0 Å². The van der Waals surface area contributed by atoms with Gasteiger partial charge in [0, 0.05) is 23.1 Å². The number of anilines is 1. The fraction of sp³-hybridized carbons (Fsp3) is 0.312. The minimum Gasteiger partial charge on any atom is -0.370 e. The predicted octanol–water partition coefficient (Wildman–Crippen LogP) is 5.64. The van der Waals surface area contributed by atoms with Crippen molar-refractivity contribution in [3.63, 3.8) is 0 Å². The van der Waals surface area contributed by atoms with Gasteiger partial charge in [-0.15, -0.1) is 0 Å². The smallest absolute Gasteiger partial charge is 0.126 e. The lowest BCUT2D eigenvalue weighted by molar-refractivity contribution is 0.965. The van der Waals surface area contributed by atoms with Crippen LogP contribution in [0.2, 0.25) is 10.0 Å². The van der Waals surface area contributed by atoms with Crippen LogP contribution >= 0.6 is 35.0 Å². The van der Waals surface area contributed by atoms with Gasteiger partial charge >= 0.3 is 0 Å². The van der Waals surface area contributed by atoms with Crippen molar-refractivity contribution in [2.75, 3.05) is 11.9 Å². The summed E-state index contributed by atoms with van der Waals surface area (Å²) in [4.78, 5) is 4.57. The van der Waals surface area contributed by atoms with Crippen LogP contribution in [-0.4, -0.2) is 11.5 Å². The van der Waals surface area contributed by atoms with Crippen molar-refractivity contribution in [1.82, 2.24) is 4.98 Å². The summed E-state index contributed by atoms with van der Waals surface area (Å²) < 4.78 is 0. The second-order valence-electron chi connectivity index (χ2n) is 4.64. The maximum absolute atomic E-state index is 6.21. The van der Waals surface area contributed by atoms with Gasteiger partial charge in [-0.3, -0.25) is 0 Å². The van der Waals surface area contributed by atoms with Crippen molar-refractivity contribution in [3.05, 3.63) is 57.7 Å². The van der Waals surface area contributed by atoms with Crippen molar-refractivity contribution >= 4 is 40.8 Å². The molecule has 0 atom stereocenters. The second kappa shape index (κ2) is 8.52. The number of hydrogen-bond donors (Lipinski definition) is 1. The van der Waals surface area contributed by atoms with Gasteiger partial charge in [0.15, 0.2) is 0 Å². The zero-order chi connectivity index (χ0) is 15.1. The summed E-state index contributed by atoms with van der Waals surface area (Å²) in [5, 5.41) is 4.80. The topological polar surface area (TPSA) is 24.9 Å². The number of nitrogens with one attached hydrogen (secondary N) is 1. The molecule has 2 rings (SSSR count). The molecule has 0 amide bonds. The monoisotopic (exact) mass is 340 g/mol. The Morgan fingerprint density at radius 3 is 2.62 bits per heavy atom. The molecule has 5 heteroatoms. The first-order valence-corrected chi connectivity index (χ1v) is 8.82. The van der Waals surface area contributed by atoms with Crippen LogP contribution in [0.4, 0.5) is 5.82 Å². The van der Waals surface area contributed by atoms with E-state index in [-0.39, 0.29) is 0 Å². The van der Waals surface area contributed by atoms with E-state index < -0.39 is 0 Å². The summed E-state index contributed by atoms with van der Waals surface area (Å²) in [6.45, 7) is 3.05. The van der Waals surface area contributed by atoms with Crippen LogP contribution < -0.4 is 5.32 Å². The largest absolute Gasteiger partial charge is 0.370 e. The molecular formula is C16H18Cl2N2S. The van der Waals surface area contributed by atoms with Crippen molar-refractivity contribution in [2.45, 2.75) is 24.9 Å². The van der Waals surface area contributed by atoms with Gasteiger partial charge in [-0.25, -0.2) is 4.98 Å². The Labute approximate surface area is 140 Å². The van der Waals surface area contributed by atoms with Crippen LogP contribution in [0.3, 0.4) is 0 Å². The third-order valence-corrected chi connectivity index (χ3v) is 4.63.